The number of imide groups is 1. The van der Waals surface area contributed by atoms with Crippen molar-refractivity contribution in [2.75, 3.05) is 31.2 Å². The van der Waals surface area contributed by atoms with E-state index >= 15 is 0 Å². The van der Waals surface area contributed by atoms with Crippen molar-refractivity contribution in [3.8, 4) is 6.01 Å². The maximum Gasteiger partial charge on any atom is 0.316 e. The maximum atomic E-state index is 13.1. The third kappa shape index (κ3) is 6.04. The number of carbonyl (C=O) groups is 3. The van der Waals surface area contributed by atoms with E-state index in [1.165, 1.54) is 29.7 Å². The Morgan fingerprint density at radius 1 is 0.840 bits per heavy atom. The van der Waals surface area contributed by atoms with Crippen molar-refractivity contribution in [1.82, 2.24) is 25.1 Å². The van der Waals surface area contributed by atoms with Crippen LogP contribution >= 0.6 is 0 Å². The van der Waals surface area contributed by atoms with Gasteiger partial charge in [-0.05, 0) is 91.6 Å². The molecule has 5 fully saturated rings. The molecule has 9 rings (SSSR count). The van der Waals surface area contributed by atoms with Crippen molar-refractivity contribution >= 4 is 23.4 Å². The molecule has 2 aromatic carbocycles. The molecule has 3 amide bonds. The van der Waals surface area contributed by atoms with Crippen molar-refractivity contribution in [2.24, 2.45) is 0 Å². The molecule has 11 heteroatoms. The molecular weight excluding hydrogens is 632 g/mol. The second-order valence-electron chi connectivity index (χ2n) is 15.1. The van der Waals surface area contributed by atoms with Gasteiger partial charge in [-0.25, -0.2) is 9.97 Å². The van der Waals surface area contributed by atoms with E-state index < -0.39 is 6.04 Å². The van der Waals surface area contributed by atoms with Crippen molar-refractivity contribution in [2.45, 2.75) is 101 Å². The summed E-state index contributed by atoms with van der Waals surface area (Å²) in [6, 6.07) is 16.3. The van der Waals surface area contributed by atoms with Gasteiger partial charge in [-0.15, -0.1) is 0 Å². The van der Waals surface area contributed by atoms with E-state index in [2.05, 4.69) is 61.5 Å². The Bertz CT molecular complexity index is 1760. The first-order valence-corrected chi connectivity index (χ1v) is 18.4. The van der Waals surface area contributed by atoms with Crippen LogP contribution in [-0.2, 0) is 27.4 Å². The molecule has 50 heavy (non-hydrogen) atoms. The minimum atomic E-state index is -0.576. The molecule has 5 saturated heterocycles. The summed E-state index contributed by atoms with van der Waals surface area (Å²) in [5.74, 6) is 0.132. The number of benzene rings is 2. The van der Waals surface area contributed by atoms with Crippen molar-refractivity contribution in [3.63, 3.8) is 0 Å². The van der Waals surface area contributed by atoms with Gasteiger partial charge in [-0.3, -0.25) is 24.6 Å². The number of nitrogens with one attached hydrogen (secondary N) is 1. The molecule has 0 aliphatic carbocycles. The fraction of sp³-hybridized carbons (Fsp3) is 0.513. The van der Waals surface area contributed by atoms with E-state index in [0.29, 0.717) is 48.5 Å². The molecule has 6 aliphatic heterocycles. The number of rotatable bonds is 8. The van der Waals surface area contributed by atoms with Gasteiger partial charge in [0.1, 0.15) is 12.1 Å². The number of nitrogens with zero attached hydrogens (tertiary/aromatic N) is 5. The van der Waals surface area contributed by atoms with Crippen LogP contribution in [0.25, 0.3) is 0 Å². The lowest BCUT2D eigenvalue weighted by Crippen LogP contribution is -2.52. The number of anilines is 1. The van der Waals surface area contributed by atoms with Crippen LogP contribution in [0.2, 0.25) is 0 Å². The van der Waals surface area contributed by atoms with Crippen LogP contribution in [0.1, 0.15) is 95.8 Å². The molecule has 1 N–H and O–H groups in total. The Morgan fingerprint density at radius 3 is 2.26 bits per heavy atom. The molecule has 11 nitrogen and oxygen atoms in total. The third-order valence-electron chi connectivity index (χ3n) is 12.0. The molecule has 260 valence electrons. The van der Waals surface area contributed by atoms with Gasteiger partial charge >= 0.3 is 6.01 Å². The van der Waals surface area contributed by atoms with E-state index in [1.807, 2.05) is 18.5 Å². The summed E-state index contributed by atoms with van der Waals surface area (Å²) in [5, 5.41) is 2.39. The largest absolute Gasteiger partial charge is 0.460 e. The smallest absolute Gasteiger partial charge is 0.316 e. The van der Waals surface area contributed by atoms with Crippen LogP contribution < -0.4 is 15.0 Å². The lowest BCUT2D eigenvalue weighted by molar-refractivity contribution is -0.136. The molecule has 4 atom stereocenters. The Morgan fingerprint density at radius 2 is 1.58 bits per heavy atom. The second-order valence-corrected chi connectivity index (χ2v) is 15.1. The average molecular weight is 677 g/mol. The fourth-order valence-electron chi connectivity index (χ4n) is 9.12. The Labute approximate surface area is 292 Å². The predicted molar refractivity (Wildman–Crippen MR) is 185 cm³/mol. The van der Waals surface area contributed by atoms with Gasteiger partial charge < -0.3 is 19.3 Å². The average Bonchev–Trinajstić information content (AvgIpc) is 3.57. The topological polar surface area (TPSA) is 117 Å². The van der Waals surface area contributed by atoms with Crippen LogP contribution in [0.3, 0.4) is 0 Å². The highest BCUT2D eigenvalue weighted by Crippen LogP contribution is 2.41. The second kappa shape index (κ2) is 13.1. The van der Waals surface area contributed by atoms with Gasteiger partial charge in [-0.2, -0.15) is 0 Å². The van der Waals surface area contributed by atoms with Gasteiger partial charge in [0.15, 0.2) is 0 Å². The molecule has 0 saturated carbocycles. The number of carbonyl (C=O) groups excluding carboxylic acids is 3. The fourth-order valence-corrected chi connectivity index (χ4v) is 9.12. The molecular formula is C39H44N6O5. The zero-order valence-corrected chi connectivity index (χ0v) is 28.3. The van der Waals surface area contributed by atoms with Crippen molar-refractivity contribution in [3.05, 3.63) is 82.7 Å². The van der Waals surface area contributed by atoms with E-state index in [1.54, 1.807) is 4.90 Å². The molecule has 0 radical (unpaired) electrons. The number of fused-ring (bicyclic) bond motifs is 3. The van der Waals surface area contributed by atoms with Crippen LogP contribution in [0.5, 0.6) is 6.01 Å². The zero-order chi connectivity index (χ0) is 33.8. The molecule has 2 bridgehead atoms. The summed E-state index contributed by atoms with van der Waals surface area (Å²) in [6.45, 7) is 4.95. The Kier molecular flexibility index (Phi) is 8.27. The van der Waals surface area contributed by atoms with Gasteiger partial charge in [-0.1, -0.05) is 24.3 Å². The third-order valence-corrected chi connectivity index (χ3v) is 12.0. The number of hydrogen-bond donors (Lipinski definition) is 1. The van der Waals surface area contributed by atoms with E-state index in [9.17, 15) is 14.4 Å². The highest BCUT2D eigenvalue weighted by molar-refractivity contribution is 6.05. The summed E-state index contributed by atoms with van der Waals surface area (Å²) < 4.78 is 11.6. The van der Waals surface area contributed by atoms with Gasteiger partial charge in [0.05, 0.1) is 13.2 Å². The van der Waals surface area contributed by atoms with Gasteiger partial charge in [0, 0.05) is 74.0 Å². The van der Waals surface area contributed by atoms with Crippen LogP contribution in [0, 0.1) is 0 Å². The number of amides is 3. The molecule has 2 unspecified atom stereocenters. The zero-order valence-electron chi connectivity index (χ0n) is 28.3. The quantitative estimate of drug-likeness (QED) is 0.349. The normalized spacial score (nSPS) is 27.3. The van der Waals surface area contributed by atoms with Crippen molar-refractivity contribution in [1.29, 1.82) is 0 Å². The first-order chi connectivity index (χ1) is 24.4. The number of likely N-dealkylation sites (tertiary alicyclic amines) is 1. The lowest BCUT2D eigenvalue weighted by atomic mass is 9.87. The summed E-state index contributed by atoms with van der Waals surface area (Å²) in [4.78, 5) is 53.0. The molecule has 3 aromatic rings. The van der Waals surface area contributed by atoms with Crippen molar-refractivity contribution < 1.29 is 23.9 Å². The Hall–Kier alpha value is -4.35. The summed E-state index contributed by atoms with van der Waals surface area (Å²) in [7, 11) is 0. The van der Waals surface area contributed by atoms with Crippen LogP contribution in [0.4, 0.5) is 5.69 Å². The van der Waals surface area contributed by atoms with Gasteiger partial charge in [0.25, 0.3) is 5.91 Å². The SMILES string of the molecule is O=C1CCC(N2Cc3cc(C4CCN(Cc5ccc(N6[C@@H]7CC[C@H]6CC(Oc6ncc(C8COC8)cn6)C7)cc5)CC4)ccc3C2=O)C(=O)N1. The Balaban J connectivity index is 0.764. The van der Waals surface area contributed by atoms with E-state index in [0.717, 1.165) is 69.7 Å². The number of aromatic nitrogens is 2. The summed E-state index contributed by atoms with van der Waals surface area (Å²) in [6.07, 6.45) is 11.1. The standard InChI is InChI=1S/C39H44N6O5/c46-36-10-9-35(37(47)42-36)44-21-27-15-26(3-8-34(27)38(44)48)25-11-13-43(14-12-25)20-24-1-4-30(5-2-24)45-31-6-7-32(45)17-33(16-31)50-39-40-18-28(19-41-39)29-22-49-23-29/h1-5,8,15,18-19,25,29,31-33,35H,6-7,9-14,16-17,20-23H2,(H,42,46,47)/t31-,32+,33?,35?. The minimum Gasteiger partial charge on any atom is -0.460 e. The summed E-state index contributed by atoms with van der Waals surface area (Å²) >= 11 is 0. The van der Waals surface area contributed by atoms with E-state index in [4.69, 9.17) is 9.47 Å². The lowest BCUT2D eigenvalue weighted by Gasteiger charge is -2.40. The highest BCUT2D eigenvalue weighted by atomic mass is 16.5. The van der Waals surface area contributed by atoms with Crippen LogP contribution in [-0.4, -0.2) is 88.0 Å². The number of ether oxygens (including phenoxy) is 2. The molecule has 1 aromatic heterocycles. The molecule has 0 spiro atoms. The number of hydrogen-bond acceptors (Lipinski definition) is 9. The summed E-state index contributed by atoms with van der Waals surface area (Å²) in [5.41, 5.74) is 6.73. The van der Waals surface area contributed by atoms with Crippen LogP contribution in [0.15, 0.2) is 54.9 Å². The first kappa shape index (κ1) is 31.6. The molecule has 7 heterocycles. The predicted octanol–water partition coefficient (Wildman–Crippen LogP) is 4.31. The monoisotopic (exact) mass is 676 g/mol. The number of piperidine rings is 3. The molecule has 6 aliphatic rings. The van der Waals surface area contributed by atoms with E-state index in [-0.39, 0.29) is 30.2 Å². The minimum absolute atomic E-state index is 0.111. The highest BCUT2D eigenvalue weighted by Gasteiger charge is 2.42. The maximum absolute atomic E-state index is 13.1. The first-order valence-electron chi connectivity index (χ1n) is 18.4. The van der Waals surface area contributed by atoms with Gasteiger partial charge in [0.2, 0.25) is 11.8 Å².